The van der Waals surface area contributed by atoms with Crippen LogP contribution in [0.15, 0.2) is 84.4 Å². The normalized spacial score (nSPS) is 16.0. The van der Waals surface area contributed by atoms with Crippen LogP contribution in [0.2, 0.25) is 0 Å². The zero-order valence-electron chi connectivity index (χ0n) is 26.4. The Kier molecular flexibility index (Phi) is 11.0. The van der Waals surface area contributed by atoms with Gasteiger partial charge in [-0.1, -0.05) is 72.8 Å². The number of rotatable bonds is 11. The van der Waals surface area contributed by atoms with Crippen molar-refractivity contribution in [2.45, 2.75) is 69.9 Å². The number of ketones is 1. The van der Waals surface area contributed by atoms with E-state index in [4.69, 9.17) is 10.5 Å². The summed E-state index contributed by atoms with van der Waals surface area (Å²) < 4.78 is 5.45. The molecular formula is C37H44ClN3O4. The van der Waals surface area contributed by atoms with E-state index in [1.54, 1.807) is 26.8 Å². The number of aryl methyl sites for hydroxylation is 1. The molecule has 45 heavy (non-hydrogen) atoms. The Bertz CT molecular complexity index is 1560. The van der Waals surface area contributed by atoms with Crippen LogP contribution in [0.1, 0.15) is 79.1 Å². The van der Waals surface area contributed by atoms with E-state index >= 15 is 4.79 Å². The molecule has 4 N–H and O–H groups in total. The fourth-order valence-electron chi connectivity index (χ4n) is 6.67. The molecule has 3 aromatic rings. The number of hydrogen-bond acceptors (Lipinski definition) is 6. The Morgan fingerprint density at radius 1 is 0.933 bits per heavy atom. The molecule has 0 radical (unpaired) electrons. The molecule has 1 aliphatic carbocycles. The van der Waals surface area contributed by atoms with Crippen molar-refractivity contribution in [2.75, 3.05) is 19.7 Å². The molecule has 0 bridgehead atoms. The molecule has 8 heteroatoms. The van der Waals surface area contributed by atoms with Crippen molar-refractivity contribution in [3.8, 4) is 0 Å². The molecule has 0 saturated carbocycles. The van der Waals surface area contributed by atoms with Crippen LogP contribution in [0.4, 0.5) is 0 Å². The number of hydrogen-bond donors (Lipinski definition) is 3. The van der Waals surface area contributed by atoms with Crippen molar-refractivity contribution in [1.82, 2.24) is 10.6 Å². The van der Waals surface area contributed by atoms with Crippen molar-refractivity contribution in [3.05, 3.63) is 112 Å². The molecule has 1 atom stereocenters. The van der Waals surface area contributed by atoms with E-state index in [-0.39, 0.29) is 30.7 Å². The molecule has 0 aromatic heterocycles. The van der Waals surface area contributed by atoms with Gasteiger partial charge in [0.25, 0.3) is 0 Å². The number of fused-ring (bicyclic) bond motifs is 2. The van der Waals surface area contributed by atoms with E-state index in [2.05, 4.69) is 28.8 Å². The number of halogens is 1. The largest absolute Gasteiger partial charge is 0.462 e. The molecule has 1 amide bonds. The van der Waals surface area contributed by atoms with E-state index in [1.165, 1.54) is 5.56 Å². The summed E-state index contributed by atoms with van der Waals surface area (Å²) in [5.74, 6) is -0.925. The summed E-state index contributed by atoms with van der Waals surface area (Å²) >= 11 is 0. The third-order valence-electron chi connectivity index (χ3n) is 8.84. The highest BCUT2D eigenvalue weighted by molar-refractivity contribution is 6.15. The topological polar surface area (TPSA) is 111 Å². The maximum absolute atomic E-state index is 15.1. The van der Waals surface area contributed by atoms with Crippen molar-refractivity contribution in [1.29, 1.82) is 0 Å². The molecule has 3 aromatic carbocycles. The van der Waals surface area contributed by atoms with Crippen LogP contribution in [-0.2, 0) is 26.2 Å². The van der Waals surface area contributed by atoms with E-state index in [0.717, 1.165) is 49.1 Å². The Morgan fingerprint density at radius 3 is 2.22 bits per heavy atom. The second kappa shape index (κ2) is 14.5. The summed E-state index contributed by atoms with van der Waals surface area (Å²) in [7, 11) is 0. The quantitative estimate of drug-likeness (QED) is 0.240. The molecule has 2 aliphatic rings. The SMILES string of the molecule is CCOC(=O)c1ccccc1C1=C(C(=O)C(CCCc2ccccc2)NC(=O)C(C)(C)N)C2(CCNCC2)c2ccccc21.Cl. The third-order valence-corrected chi connectivity index (χ3v) is 8.84. The molecule has 1 saturated heterocycles. The predicted octanol–water partition coefficient (Wildman–Crippen LogP) is 5.54. The van der Waals surface area contributed by atoms with Gasteiger partial charge in [-0.3, -0.25) is 9.59 Å². The average Bonchev–Trinajstić information content (AvgIpc) is 3.29. The zero-order chi connectivity index (χ0) is 31.3. The summed E-state index contributed by atoms with van der Waals surface area (Å²) in [5, 5.41) is 6.51. The smallest absolute Gasteiger partial charge is 0.338 e. The van der Waals surface area contributed by atoms with Crippen LogP contribution >= 0.6 is 12.4 Å². The number of ether oxygens (including phenoxy) is 1. The van der Waals surface area contributed by atoms with Crippen molar-refractivity contribution < 1.29 is 19.1 Å². The van der Waals surface area contributed by atoms with Crippen LogP contribution in [0.25, 0.3) is 5.57 Å². The van der Waals surface area contributed by atoms with Crippen molar-refractivity contribution in [2.24, 2.45) is 5.73 Å². The minimum absolute atomic E-state index is 0. The maximum atomic E-state index is 15.1. The Hall–Kier alpha value is -3.78. The minimum Gasteiger partial charge on any atom is -0.462 e. The Morgan fingerprint density at radius 2 is 1.56 bits per heavy atom. The molecule has 1 aliphatic heterocycles. The van der Waals surface area contributed by atoms with Crippen LogP contribution in [0, 0.1) is 0 Å². The lowest BCUT2D eigenvalue weighted by molar-refractivity contribution is -0.129. The van der Waals surface area contributed by atoms with Gasteiger partial charge in [-0.15, -0.1) is 12.4 Å². The molecule has 1 unspecified atom stereocenters. The molecule has 238 valence electrons. The van der Waals surface area contributed by atoms with Gasteiger partial charge < -0.3 is 21.1 Å². The number of amides is 1. The first kappa shape index (κ1) is 34.1. The number of carbonyl (C=O) groups excluding carboxylic acids is 3. The second-order valence-corrected chi connectivity index (χ2v) is 12.4. The summed E-state index contributed by atoms with van der Waals surface area (Å²) in [6, 6.07) is 24.9. The predicted molar refractivity (Wildman–Crippen MR) is 180 cm³/mol. The van der Waals surface area contributed by atoms with E-state index in [0.29, 0.717) is 29.5 Å². The number of benzene rings is 3. The highest BCUT2D eigenvalue weighted by Gasteiger charge is 2.50. The number of nitrogens with one attached hydrogen (secondary N) is 2. The van der Waals surface area contributed by atoms with Gasteiger partial charge in [-0.2, -0.15) is 0 Å². The molecule has 5 rings (SSSR count). The first-order valence-corrected chi connectivity index (χ1v) is 15.7. The Labute approximate surface area is 272 Å². The lowest BCUT2D eigenvalue weighted by atomic mass is 9.68. The van der Waals surface area contributed by atoms with Crippen LogP contribution < -0.4 is 16.4 Å². The molecule has 1 heterocycles. The fourth-order valence-corrected chi connectivity index (χ4v) is 6.67. The number of esters is 1. The minimum atomic E-state index is -1.16. The third kappa shape index (κ3) is 7.06. The van der Waals surface area contributed by atoms with Gasteiger partial charge in [0.2, 0.25) is 5.91 Å². The Balaban J connectivity index is 0.00000461. The van der Waals surface area contributed by atoms with E-state index in [9.17, 15) is 9.59 Å². The highest BCUT2D eigenvalue weighted by Crippen LogP contribution is 2.54. The van der Waals surface area contributed by atoms with Gasteiger partial charge in [-0.25, -0.2) is 4.79 Å². The summed E-state index contributed by atoms with van der Waals surface area (Å²) in [6.07, 6.45) is 3.39. The fraction of sp³-hybridized carbons (Fsp3) is 0.378. The summed E-state index contributed by atoms with van der Waals surface area (Å²) in [6.45, 7) is 6.82. The standard InChI is InChI=1S/C37H43N3O4.ClH/c1-4-44-34(42)27-17-9-8-16-26(27)31-28-18-10-11-19-29(28)37(21-23-39-24-22-37)32(31)33(41)30(40-35(43)36(2,3)38)20-12-15-25-13-6-5-7-14-25;/h5-11,13-14,16-19,30,39H,4,12,15,20-24,38H2,1-3H3,(H,40,43);1H. The maximum Gasteiger partial charge on any atom is 0.338 e. The summed E-state index contributed by atoms with van der Waals surface area (Å²) in [4.78, 5) is 41.7. The van der Waals surface area contributed by atoms with Gasteiger partial charge in [0, 0.05) is 11.0 Å². The number of carbonyl (C=O) groups is 3. The number of nitrogens with two attached hydrogens (primary N) is 1. The van der Waals surface area contributed by atoms with Crippen LogP contribution in [0.5, 0.6) is 0 Å². The number of piperidine rings is 1. The van der Waals surface area contributed by atoms with Crippen molar-refractivity contribution in [3.63, 3.8) is 0 Å². The first-order valence-electron chi connectivity index (χ1n) is 15.7. The number of Topliss-reactive ketones (excluding diaryl/α,β-unsaturated/α-hetero) is 1. The van der Waals surface area contributed by atoms with Gasteiger partial charge >= 0.3 is 5.97 Å². The van der Waals surface area contributed by atoms with E-state index in [1.807, 2.05) is 54.6 Å². The second-order valence-electron chi connectivity index (χ2n) is 12.4. The lowest BCUT2D eigenvalue weighted by Gasteiger charge is -2.38. The zero-order valence-corrected chi connectivity index (χ0v) is 27.2. The highest BCUT2D eigenvalue weighted by atomic mass is 35.5. The van der Waals surface area contributed by atoms with Crippen LogP contribution in [0.3, 0.4) is 0 Å². The molecule has 7 nitrogen and oxygen atoms in total. The first-order chi connectivity index (χ1) is 21.2. The molecular weight excluding hydrogens is 586 g/mol. The van der Waals surface area contributed by atoms with Crippen LogP contribution in [-0.4, -0.2) is 48.9 Å². The van der Waals surface area contributed by atoms with E-state index < -0.39 is 23.0 Å². The van der Waals surface area contributed by atoms with Crippen molar-refractivity contribution >= 4 is 35.6 Å². The van der Waals surface area contributed by atoms with Gasteiger partial charge in [0.1, 0.15) is 0 Å². The average molecular weight is 630 g/mol. The van der Waals surface area contributed by atoms with Gasteiger partial charge in [0.05, 0.1) is 23.8 Å². The van der Waals surface area contributed by atoms with Gasteiger partial charge in [-0.05, 0) is 99.9 Å². The summed E-state index contributed by atoms with van der Waals surface area (Å²) in [5.41, 5.74) is 10.2. The van der Waals surface area contributed by atoms with Gasteiger partial charge in [0.15, 0.2) is 5.78 Å². The molecule has 1 fully saturated rings. The molecule has 1 spiro atoms. The lowest BCUT2D eigenvalue weighted by Crippen LogP contribution is -2.55. The monoisotopic (exact) mass is 629 g/mol.